The first-order valence-electron chi connectivity index (χ1n) is 5.36. The number of rotatable bonds is 4. The maximum Gasteiger partial charge on any atom is 0.306 e. The molecule has 0 bridgehead atoms. The highest BCUT2D eigenvalue weighted by Gasteiger charge is 2.25. The molecule has 1 saturated carbocycles. The summed E-state index contributed by atoms with van der Waals surface area (Å²) in [5, 5.41) is 9.39. The number of ether oxygens (including phenoxy) is 1. The SMILES string of the molecule is COC(=O)CCSC1CCCCC1C#N. The molecule has 0 N–H and O–H groups in total. The number of esters is 1. The van der Waals surface area contributed by atoms with E-state index in [4.69, 9.17) is 5.26 Å². The number of nitrogens with zero attached hydrogens (tertiary/aromatic N) is 1. The van der Waals surface area contributed by atoms with E-state index < -0.39 is 0 Å². The molecule has 3 nitrogen and oxygen atoms in total. The van der Waals surface area contributed by atoms with E-state index in [1.165, 1.54) is 20.0 Å². The Morgan fingerprint density at radius 1 is 1.53 bits per heavy atom. The number of carbonyl (C=O) groups excluding carboxylic acids is 1. The van der Waals surface area contributed by atoms with Gasteiger partial charge in [-0.25, -0.2) is 0 Å². The van der Waals surface area contributed by atoms with E-state index in [1.54, 1.807) is 11.8 Å². The molecule has 84 valence electrons. The van der Waals surface area contributed by atoms with Gasteiger partial charge in [-0.15, -0.1) is 0 Å². The fourth-order valence-electron chi connectivity index (χ4n) is 1.84. The van der Waals surface area contributed by atoms with E-state index in [2.05, 4.69) is 10.8 Å². The van der Waals surface area contributed by atoms with Crippen molar-refractivity contribution in [2.75, 3.05) is 12.9 Å². The third-order valence-corrected chi connectivity index (χ3v) is 4.17. The van der Waals surface area contributed by atoms with Gasteiger partial charge in [-0.05, 0) is 12.8 Å². The number of hydrogen-bond donors (Lipinski definition) is 0. The molecule has 0 aromatic carbocycles. The van der Waals surface area contributed by atoms with Crippen molar-refractivity contribution in [2.24, 2.45) is 5.92 Å². The van der Waals surface area contributed by atoms with Crippen LogP contribution in [0.15, 0.2) is 0 Å². The molecule has 0 heterocycles. The van der Waals surface area contributed by atoms with Gasteiger partial charge >= 0.3 is 5.97 Å². The van der Waals surface area contributed by atoms with E-state index in [1.807, 2.05) is 0 Å². The minimum Gasteiger partial charge on any atom is -0.469 e. The zero-order valence-corrected chi connectivity index (χ0v) is 9.89. The summed E-state index contributed by atoms with van der Waals surface area (Å²) >= 11 is 1.75. The Morgan fingerprint density at radius 3 is 2.93 bits per heavy atom. The summed E-state index contributed by atoms with van der Waals surface area (Å²) in [6.07, 6.45) is 4.98. The molecule has 0 aromatic rings. The van der Waals surface area contributed by atoms with Crippen LogP contribution in [0.3, 0.4) is 0 Å². The van der Waals surface area contributed by atoms with Crippen molar-refractivity contribution in [3.05, 3.63) is 0 Å². The van der Waals surface area contributed by atoms with Gasteiger partial charge in [0.2, 0.25) is 0 Å². The lowest BCUT2D eigenvalue weighted by atomic mass is 9.90. The highest BCUT2D eigenvalue weighted by molar-refractivity contribution is 7.99. The number of hydrogen-bond acceptors (Lipinski definition) is 4. The van der Waals surface area contributed by atoms with Gasteiger partial charge in [0.1, 0.15) is 0 Å². The van der Waals surface area contributed by atoms with Crippen molar-refractivity contribution in [1.82, 2.24) is 0 Å². The lowest BCUT2D eigenvalue weighted by Crippen LogP contribution is -2.21. The summed E-state index contributed by atoms with van der Waals surface area (Å²) < 4.78 is 4.58. The van der Waals surface area contributed by atoms with Gasteiger partial charge in [0.15, 0.2) is 0 Å². The molecule has 1 fully saturated rings. The van der Waals surface area contributed by atoms with Crippen LogP contribution in [0.2, 0.25) is 0 Å². The Morgan fingerprint density at radius 2 is 2.27 bits per heavy atom. The molecule has 0 amide bonds. The highest BCUT2D eigenvalue weighted by atomic mass is 32.2. The normalized spacial score (nSPS) is 25.6. The molecule has 0 radical (unpaired) electrons. The molecule has 0 spiro atoms. The summed E-state index contributed by atoms with van der Waals surface area (Å²) in [5.74, 6) is 0.795. The zero-order valence-electron chi connectivity index (χ0n) is 9.07. The minimum absolute atomic E-state index is 0.160. The lowest BCUT2D eigenvalue weighted by Gasteiger charge is -2.25. The first-order valence-corrected chi connectivity index (χ1v) is 6.41. The van der Waals surface area contributed by atoms with Crippen molar-refractivity contribution in [3.8, 4) is 6.07 Å². The van der Waals surface area contributed by atoms with Crippen molar-refractivity contribution in [1.29, 1.82) is 5.26 Å². The molecule has 2 unspecified atom stereocenters. The Labute approximate surface area is 95.2 Å². The van der Waals surface area contributed by atoms with Crippen LogP contribution in [0.4, 0.5) is 0 Å². The number of thioether (sulfide) groups is 1. The molecule has 0 saturated heterocycles. The second-order valence-electron chi connectivity index (χ2n) is 3.76. The smallest absolute Gasteiger partial charge is 0.306 e. The first-order chi connectivity index (χ1) is 7.27. The standard InChI is InChI=1S/C11H17NO2S/c1-14-11(13)6-7-15-10-5-3-2-4-9(10)8-12/h9-10H,2-7H2,1H3. The van der Waals surface area contributed by atoms with Gasteiger partial charge in [0.25, 0.3) is 0 Å². The molecule has 0 aliphatic heterocycles. The van der Waals surface area contributed by atoms with Crippen LogP contribution in [-0.4, -0.2) is 24.1 Å². The first kappa shape index (κ1) is 12.4. The van der Waals surface area contributed by atoms with Gasteiger partial charge in [0, 0.05) is 11.0 Å². The molecular formula is C11H17NO2S. The second-order valence-corrected chi connectivity index (χ2v) is 5.10. The van der Waals surface area contributed by atoms with Crippen molar-refractivity contribution in [2.45, 2.75) is 37.4 Å². The predicted molar refractivity (Wildman–Crippen MR) is 60.5 cm³/mol. The summed E-state index contributed by atoms with van der Waals surface area (Å²) in [4.78, 5) is 10.9. The summed E-state index contributed by atoms with van der Waals surface area (Å²) in [5.41, 5.74) is 0. The quantitative estimate of drug-likeness (QED) is 0.692. The fourth-order valence-corrected chi connectivity index (χ4v) is 3.19. The third kappa shape index (κ3) is 4.13. The molecule has 15 heavy (non-hydrogen) atoms. The van der Waals surface area contributed by atoms with E-state index in [0.29, 0.717) is 11.7 Å². The predicted octanol–water partition coefficient (Wildman–Crippen LogP) is 2.37. The van der Waals surface area contributed by atoms with Crippen LogP contribution in [0.1, 0.15) is 32.1 Å². The molecule has 4 heteroatoms. The van der Waals surface area contributed by atoms with Gasteiger partial charge in [0.05, 0.1) is 25.5 Å². The van der Waals surface area contributed by atoms with Gasteiger partial charge < -0.3 is 4.74 Å². The summed E-state index contributed by atoms with van der Waals surface area (Å²) in [7, 11) is 1.41. The summed E-state index contributed by atoms with van der Waals surface area (Å²) in [6, 6.07) is 2.37. The molecule has 0 aromatic heterocycles. The van der Waals surface area contributed by atoms with Crippen molar-refractivity contribution < 1.29 is 9.53 Å². The third-order valence-electron chi connectivity index (χ3n) is 2.73. The lowest BCUT2D eigenvalue weighted by molar-refractivity contribution is -0.140. The maximum atomic E-state index is 10.9. The van der Waals surface area contributed by atoms with Gasteiger partial charge in [-0.1, -0.05) is 12.8 Å². The maximum absolute atomic E-state index is 10.9. The van der Waals surface area contributed by atoms with E-state index in [0.717, 1.165) is 18.6 Å². The highest BCUT2D eigenvalue weighted by Crippen LogP contribution is 2.33. The molecular weight excluding hydrogens is 210 g/mol. The van der Waals surface area contributed by atoms with Gasteiger partial charge in [-0.2, -0.15) is 17.0 Å². The molecule has 1 rings (SSSR count). The Hall–Kier alpha value is -0.690. The molecule has 1 aliphatic rings. The van der Waals surface area contributed by atoms with Crippen LogP contribution in [0, 0.1) is 17.2 Å². The van der Waals surface area contributed by atoms with E-state index in [-0.39, 0.29) is 11.9 Å². The van der Waals surface area contributed by atoms with Crippen molar-refractivity contribution in [3.63, 3.8) is 0 Å². The Bertz CT molecular complexity index is 249. The number of nitriles is 1. The van der Waals surface area contributed by atoms with Crippen LogP contribution in [0.5, 0.6) is 0 Å². The fraction of sp³-hybridized carbons (Fsp3) is 0.818. The van der Waals surface area contributed by atoms with Crippen LogP contribution >= 0.6 is 11.8 Å². The second kappa shape index (κ2) is 6.73. The molecule has 2 atom stereocenters. The Balaban J connectivity index is 2.24. The summed E-state index contributed by atoms with van der Waals surface area (Å²) in [6.45, 7) is 0. The van der Waals surface area contributed by atoms with Crippen LogP contribution in [0.25, 0.3) is 0 Å². The molecule has 1 aliphatic carbocycles. The van der Waals surface area contributed by atoms with Crippen molar-refractivity contribution >= 4 is 17.7 Å². The average molecular weight is 227 g/mol. The minimum atomic E-state index is -0.160. The van der Waals surface area contributed by atoms with E-state index >= 15 is 0 Å². The Kier molecular flexibility index (Phi) is 5.56. The number of methoxy groups -OCH3 is 1. The zero-order chi connectivity index (χ0) is 11.1. The van der Waals surface area contributed by atoms with Crippen LogP contribution in [-0.2, 0) is 9.53 Å². The van der Waals surface area contributed by atoms with Gasteiger partial charge in [-0.3, -0.25) is 4.79 Å². The van der Waals surface area contributed by atoms with E-state index in [9.17, 15) is 4.79 Å². The topological polar surface area (TPSA) is 50.1 Å². The monoisotopic (exact) mass is 227 g/mol. The largest absolute Gasteiger partial charge is 0.469 e. The van der Waals surface area contributed by atoms with Crippen LogP contribution < -0.4 is 0 Å². The average Bonchev–Trinajstić information content (AvgIpc) is 2.29. The number of carbonyl (C=O) groups is 1.